The van der Waals surface area contributed by atoms with Gasteiger partial charge in [-0.3, -0.25) is 14.4 Å². The Morgan fingerprint density at radius 2 is 1.66 bits per heavy atom. The van der Waals surface area contributed by atoms with Crippen molar-refractivity contribution >= 4 is 35.5 Å². The highest BCUT2D eigenvalue weighted by Crippen LogP contribution is 2.10. The molecule has 1 aromatic heterocycles. The van der Waals surface area contributed by atoms with Gasteiger partial charge in [0.15, 0.2) is 0 Å². The number of carboxylic acids is 1. The molecule has 0 aliphatic carbocycles. The molecule has 38 heavy (non-hydrogen) atoms. The van der Waals surface area contributed by atoms with Crippen LogP contribution in [0.1, 0.15) is 37.9 Å². The van der Waals surface area contributed by atoms with Crippen LogP contribution in [0.15, 0.2) is 42.9 Å². The van der Waals surface area contributed by atoms with Crippen LogP contribution in [0.3, 0.4) is 0 Å². The van der Waals surface area contributed by atoms with Crippen LogP contribution in [0.4, 0.5) is 0 Å². The zero-order valence-electron chi connectivity index (χ0n) is 22.0. The van der Waals surface area contributed by atoms with E-state index in [4.69, 9.17) is 5.73 Å². The number of aliphatic carboxylic acids is 1. The molecule has 1 heterocycles. The molecule has 0 aliphatic rings. The van der Waals surface area contributed by atoms with Gasteiger partial charge in [-0.15, -0.1) is 0 Å². The number of carboxylic acid groups (broad SMARTS) is 1. The Morgan fingerprint density at radius 3 is 2.24 bits per heavy atom. The zero-order chi connectivity index (χ0) is 28.1. The van der Waals surface area contributed by atoms with Gasteiger partial charge in [0.25, 0.3) is 0 Å². The van der Waals surface area contributed by atoms with Crippen molar-refractivity contribution in [3.8, 4) is 0 Å². The number of aromatic nitrogens is 2. The number of hydrogen-bond donors (Lipinski definition) is 6. The first-order valence-corrected chi connectivity index (χ1v) is 13.9. The van der Waals surface area contributed by atoms with Gasteiger partial charge in [-0.25, -0.2) is 9.78 Å². The molecule has 2 rings (SSSR count). The summed E-state index contributed by atoms with van der Waals surface area (Å²) >= 11 is 1.57. The lowest BCUT2D eigenvalue weighted by Crippen LogP contribution is -2.58. The molecule has 3 amide bonds. The van der Waals surface area contributed by atoms with Crippen LogP contribution in [-0.2, 0) is 32.0 Å². The molecule has 1 aromatic carbocycles. The quantitative estimate of drug-likeness (QED) is 0.179. The predicted molar refractivity (Wildman–Crippen MR) is 146 cm³/mol. The third-order valence-corrected chi connectivity index (χ3v) is 6.92. The lowest BCUT2D eigenvalue weighted by atomic mass is 9.98. The second-order valence-corrected chi connectivity index (χ2v) is 10.2. The van der Waals surface area contributed by atoms with Crippen LogP contribution >= 0.6 is 11.8 Å². The number of nitrogens with one attached hydrogen (secondary N) is 4. The summed E-state index contributed by atoms with van der Waals surface area (Å²) < 4.78 is 0. The molecule has 7 N–H and O–H groups in total. The van der Waals surface area contributed by atoms with E-state index >= 15 is 0 Å². The number of rotatable bonds is 16. The summed E-state index contributed by atoms with van der Waals surface area (Å²) in [5.41, 5.74) is 7.40. The Hall–Kier alpha value is -3.38. The lowest BCUT2D eigenvalue weighted by Gasteiger charge is -2.26. The van der Waals surface area contributed by atoms with Crippen LogP contribution in [-0.4, -0.2) is 74.9 Å². The van der Waals surface area contributed by atoms with Gasteiger partial charge >= 0.3 is 5.97 Å². The SMILES string of the molecule is CCC(C)C(NC(=O)C(Cc1cnc[nH]1)NC(=O)C(Cc1ccccc1)NC(=O)C(N)CCSC)C(=O)O. The minimum atomic E-state index is -1.16. The van der Waals surface area contributed by atoms with E-state index in [1.165, 1.54) is 12.5 Å². The highest BCUT2D eigenvalue weighted by molar-refractivity contribution is 7.98. The van der Waals surface area contributed by atoms with Gasteiger partial charge in [-0.2, -0.15) is 11.8 Å². The van der Waals surface area contributed by atoms with Crippen molar-refractivity contribution in [2.24, 2.45) is 11.7 Å². The number of H-pyrrole nitrogens is 1. The molecule has 0 spiro atoms. The fourth-order valence-electron chi connectivity index (χ4n) is 3.75. The topological polar surface area (TPSA) is 179 Å². The van der Waals surface area contributed by atoms with Crippen molar-refractivity contribution in [1.82, 2.24) is 25.9 Å². The smallest absolute Gasteiger partial charge is 0.326 e. The van der Waals surface area contributed by atoms with E-state index in [2.05, 4.69) is 25.9 Å². The first-order valence-electron chi connectivity index (χ1n) is 12.6. The zero-order valence-corrected chi connectivity index (χ0v) is 22.8. The molecule has 0 radical (unpaired) electrons. The number of benzene rings is 1. The summed E-state index contributed by atoms with van der Waals surface area (Å²) in [6, 6.07) is 5.12. The van der Waals surface area contributed by atoms with E-state index in [9.17, 15) is 24.3 Å². The van der Waals surface area contributed by atoms with Gasteiger partial charge in [0.1, 0.15) is 18.1 Å². The number of imidazole rings is 1. The number of thioether (sulfide) groups is 1. The minimum Gasteiger partial charge on any atom is -0.480 e. The standard InChI is InChI=1S/C26H38N6O5S/c1-4-16(2)22(26(36)37)32-25(35)21(13-18-14-28-15-29-18)31-24(34)20(12-17-8-6-5-7-9-17)30-23(33)19(27)10-11-38-3/h5-9,14-16,19-22H,4,10-13,27H2,1-3H3,(H,28,29)(H,30,33)(H,31,34)(H,32,35)(H,36,37). The summed E-state index contributed by atoms with van der Waals surface area (Å²) in [5.74, 6) is -2.50. The largest absolute Gasteiger partial charge is 0.480 e. The van der Waals surface area contributed by atoms with E-state index < -0.39 is 47.9 Å². The molecular weight excluding hydrogens is 508 g/mol. The monoisotopic (exact) mass is 546 g/mol. The average molecular weight is 547 g/mol. The Kier molecular flexibility index (Phi) is 12.8. The van der Waals surface area contributed by atoms with Gasteiger partial charge in [-0.1, -0.05) is 50.6 Å². The Morgan fingerprint density at radius 1 is 1.03 bits per heavy atom. The molecule has 2 aromatic rings. The van der Waals surface area contributed by atoms with Crippen LogP contribution in [0.5, 0.6) is 0 Å². The van der Waals surface area contributed by atoms with Gasteiger partial charge in [0.05, 0.1) is 12.4 Å². The van der Waals surface area contributed by atoms with Crippen molar-refractivity contribution < 1.29 is 24.3 Å². The molecule has 11 nitrogen and oxygen atoms in total. The Labute approximate surface area is 227 Å². The van der Waals surface area contributed by atoms with Crippen LogP contribution in [0.25, 0.3) is 0 Å². The van der Waals surface area contributed by atoms with Crippen molar-refractivity contribution in [2.75, 3.05) is 12.0 Å². The second-order valence-electron chi connectivity index (χ2n) is 9.19. The molecule has 5 atom stereocenters. The van der Waals surface area contributed by atoms with Crippen molar-refractivity contribution in [1.29, 1.82) is 0 Å². The average Bonchev–Trinajstić information content (AvgIpc) is 3.42. The van der Waals surface area contributed by atoms with E-state index in [0.29, 0.717) is 24.3 Å². The first kappa shape index (κ1) is 30.8. The first-order chi connectivity index (χ1) is 18.2. The van der Waals surface area contributed by atoms with Crippen molar-refractivity contribution in [3.63, 3.8) is 0 Å². The van der Waals surface area contributed by atoms with E-state index in [-0.39, 0.29) is 18.8 Å². The minimum absolute atomic E-state index is 0.0453. The van der Waals surface area contributed by atoms with E-state index in [1.54, 1.807) is 18.7 Å². The van der Waals surface area contributed by atoms with E-state index in [0.717, 1.165) is 5.56 Å². The summed E-state index contributed by atoms with van der Waals surface area (Å²) in [6.45, 7) is 3.56. The molecule has 0 fully saturated rings. The third kappa shape index (κ3) is 9.82. The van der Waals surface area contributed by atoms with Crippen molar-refractivity contribution in [2.45, 2.75) is 63.7 Å². The van der Waals surface area contributed by atoms with Gasteiger partial charge < -0.3 is 31.8 Å². The number of aromatic amines is 1. The maximum absolute atomic E-state index is 13.5. The number of amides is 3. The fraction of sp³-hybridized carbons (Fsp3) is 0.500. The molecule has 0 saturated carbocycles. The molecule has 0 bridgehead atoms. The van der Waals surface area contributed by atoms with Crippen molar-refractivity contribution in [3.05, 3.63) is 54.1 Å². The number of carbonyl (C=O) groups excluding carboxylic acids is 3. The predicted octanol–water partition coefficient (Wildman–Crippen LogP) is 0.860. The van der Waals surface area contributed by atoms with Crippen LogP contribution in [0.2, 0.25) is 0 Å². The van der Waals surface area contributed by atoms with Gasteiger partial charge in [0, 0.05) is 24.7 Å². The molecule has 0 saturated heterocycles. The summed E-state index contributed by atoms with van der Waals surface area (Å²) in [5, 5.41) is 17.6. The number of carbonyl (C=O) groups is 4. The number of nitrogens with two attached hydrogens (primary N) is 1. The highest BCUT2D eigenvalue weighted by Gasteiger charge is 2.32. The van der Waals surface area contributed by atoms with Gasteiger partial charge in [0.2, 0.25) is 17.7 Å². The number of nitrogens with zero attached hydrogens (tertiary/aromatic N) is 1. The Balaban J connectivity index is 2.26. The summed E-state index contributed by atoms with van der Waals surface area (Å²) in [7, 11) is 0. The summed E-state index contributed by atoms with van der Waals surface area (Å²) in [6.07, 6.45) is 6.08. The normalized spacial score (nSPS) is 14.9. The number of hydrogen-bond acceptors (Lipinski definition) is 7. The maximum atomic E-state index is 13.5. The fourth-order valence-corrected chi connectivity index (χ4v) is 4.24. The van der Waals surface area contributed by atoms with Crippen LogP contribution in [0, 0.1) is 5.92 Å². The second kappa shape index (κ2) is 15.8. The maximum Gasteiger partial charge on any atom is 0.326 e. The van der Waals surface area contributed by atoms with Crippen LogP contribution < -0.4 is 21.7 Å². The van der Waals surface area contributed by atoms with Gasteiger partial charge in [-0.05, 0) is 29.9 Å². The summed E-state index contributed by atoms with van der Waals surface area (Å²) in [4.78, 5) is 58.1. The molecule has 208 valence electrons. The lowest BCUT2D eigenvalue weighted by molar-refractivity contribution is -0.143. The highest BCUT2D eigenvalue weighted by atomic mass is 32.2. The Bertz CT molecular complexity index is 1040. The molecule has 0 aliphatic heterocycles. The molecule has 5 unspecified atom stereocenters. The van der Waals surface area contributed by atoms with E-state index in [1.807, 2.05) is 43.5 Å². The molecular formula is C26H38N6O5S. The third-order valence-electron chi connectivity index (χ3n) is 6.27. The molecule has 12 heteroatoms.